The molecule has 2 aliphatic rings. The van der Waals surface area contributed by atoms with Gasteiger partial charge < -0.3 is 11.1 Å². The van der Waals surface area contributed by atoms with Gasteiger partial charge in [0.1, 0.15) is 11.6 Å². The summed E-state index contributed by atoms with van der Waals surface area (Å²) in [6.07, 6.45) is 1.68. The van der Waals surface area contributed by atoms with Crippen LogP contribution in [0.2, 0.25) is 0 Å². The van der Waals surface area contributed by atoms with E-state index in [1.807, 2.05) is 54.6 Å². The van der Waals surface area contributed by atoms with Crippen molar-refractivity contribution in [2.24, 2.45) is 0 Å². The molecule has 1 unspecified atom stereocenters. The molecule has 3 N–H and O–H groups in total. The Labute approximate surface area is 207 Å². The van der Waals surface area contributed by atoms with Gasteiger partial charge in [-0.1, -0.05) is 60.7 Å². The molecule has 1 aromatic heterocycles. The Morgan fingerprint density at radius 2 is 1.61 bits per heavy atom. The van der Waals surface area contributed by atoms with E-state index in [9.17, 15) is 9.18 Å². The number of nitrogens with two attached hydrogens (primary N) is 1. The van der Waals surface area contributed by atoms with E-state index in [1.165, 1.54) is 28.3 Å². The second-order valence-electron chi connectivity index (χ2n) is 9.51. The van der Waals surface area contributed by atoms with E-state index >= 15 is 0 Å². The molecule has 7 rings (SSSR count). The van der Waals surface area contributed by atoms with Crippen LogP contribution in [-0.4, -0.2) is 10.9 Å². The van der Waals surface area contributed by atoms with Gasteiger partial charge in [0.25, 0.3) is 5.91 Å². The third kappa shape index (κ3) is 2.99. The number of carbonyl (C=O) groups is 1. The highest BCUT2D eigenvalue weighted by Gasteiger charge is 2.49. The van der Waals surface area contributed by atoms with Crippen LogP contribution in [0.25, 0.3) is 21.9 Å². The number of aromatic nitrogens is 1. The highest BCUT2D eigenvalue weighted by molar-refractivity contribution is 5.96. The Morgan fingerprint density at radius 1 is 0.833 bits per heavy atom. The number of benzene rings is 4. The topological polar surface area (TPSA) is 68.0 Å². The molecule has 0 fully saturated rings. The number of anilines is 1. The van der Waals surface area contributed by atoms with Gasteiger partial charge in [0, 0.05) is 41.1 Å². The molecule has 1 heterocycles. The maximum Gasteiger partial charge on any atom is 0.251 e. The third-order valence-corrected chi connectivity index (χ3v) is 7.66. The number of rotatable bonds is 4. The van der Waals surface area contributed by atoms with E-state index in [2.05, 4.69) is 28.5 Å². The smallest absolute Gasteiger partial charge is 0.251 e. The number of fused-ring (bicyclic) bond motifs is 8. The molecule has 0 aliphatic heterocycles. The summed E-state index contributed by atoms with van der Waals surface area (Å²) < 4.78 is 14.3. The molecule has 0 spiro atoms. The number of pyridine rings is 1. The number of carbonyl (C=O) groups excluding carboxylic acids is 1. The van der Waals surface area contributed by atoms with Gasteiger partial charge in [-0.15, -0.1) is 0 Å². The second kappa shape index (κ2) is 7.75. The number of nitrogen functional groups attached to an aromatic ring is 1. The summed E-state index contributed by atoms with van der Waals surface area (Å²) in [4.78, 5) is 17.2. The maximum atomic E-state index is 14.3. The van der Waals surface area contributed by atoms with E-state index in [1.54, 1.807) is 12.3 Å². The van der Waals surface area contributed by atoms with Crippen molar-refractivity contribution in [1.82, 2.24) is 10.3 Å². The summed E-state index contributed by atoms with van der Waals surface area (Å²) in [5.41, 5.74) is 14.1. The van der Waals surface area contributed by atoms with Gasteiger partial charge in [-0.05, 0) is 63.0 Å². The van der Waals surface area contributed by atoms with Gasteiger partial charge in [0.2, 0.25) is 0 Å². The van der Waals surface area contributed by atoms with Crippen LogP contribution >= 0.6 is 0 Å². The highest BCUT2D eigenvalue weighted by atomic mass is 19.1. The van der Waals surface area contributed by atoms with E-state index in [0.717, 1.165) is 21.9 Å². The van der Waals surface area contributed by atoms with Gasteiger partial charge >= 0.3 is 0 Å². The lowest BCUT2D eigenvalue weighted by atomic mass is 9.52. The molecule has 174 valence electrons. The van der Waals surface area contributed by atoms with Crippen molar-refractivity contribution in [2.75, 3.05) is 5.73 Å². The van der Waals surface area contributed by atoms with Crippen molar-refractivity contribution >= 4 is 22.5 Å². The van der Waals surface area contributed by atoms with E-state index in [4.69, 9.17) is 5.73 Å². The molecule has 4 nitrogen and oxygen atoms in total. The lowest BCUT2D eigenvalue weighted by Crippen LogP contribution is -2.36. The first-order valence-electron chi connectivity index (χ1n) is 12.0. The average molecular weight is 472 g/mol. The largest absolute Gasteiger partial charge is 0.383 e. The van der Waals surface area contributed by atoms with Crippen molar-refractivity contribution in [2.45, 2.75) is 18.4 Å². The third-order valence-electron chi connectivity index (χ3n) is 7.66. The minimum Gasteiger partial charge on any atom is -0.383 e. The first kappa shape index (κ1) is 20.8. The first-order valence-corrected chi connectivity index (χ1v) is 12.0. The Balaban J connectivity index is 1.13. The molecule has 36 heavy (non-hydrogen) atoms. The SMILES string of the molecule is Nc1nccc2c(CNC(=O)c3ccc4c(c3)C3c5cc(-c6ccccc6F)ccc5[C@@H]43)cccc12. The predicted molar refractivity (Wildman–Crippen MR) is 139 cm³/mol. The van der Waals surface area contributed by atoms with Gasteiger partial charge in [-0.25, -0.2) is 9.37 Å². The minimum absolute atomic E-state index is 0.111. The van der Waals surface area contributed by atoms with Crippen molar-refractivity contribution in [3.8, 4) is 11.1 Å². The summed E-state index contributed by atoms with van der Waals surface area (Å²) in [6.45, 7) is 0.400. The lowest BCUT2D eigenvalue weighted by molar-refractivity contribution is 0.0951. The molecular formula is C31H22FN3O. The predicted octanol–water partition coefficient (Wildman–Crippen LogP) is 6.14. The zero-order valence-corrected chi connectivity index (χ0v) is 19.3. The van der Waals surface area contributed by atoms with Crippen LogP contribution in [0.3, 0.4) is 0 Å². The Morgan fingerprint density at radius 3 is 2.47 bits per heavy atom. The van der Waals surface area contributed by atoms with Crippen LogP contribution in [0.4, 0.5) is 10.2 Å². The van der Waals surface area contributed by atoms with Gasteiger partial charge in [-0.2, -0.15) is 0 Å². The summed E-state index contributed by atoms with van der Waals surface area (Å²) >= 11 is 0. The van der Waals surface area contributed by atoms with Crippen LogP contribution < -0.4 is 11.1 Å². The molecular weight excluding hydrogens is 449 g/mol. The molecule has 4 aromatic carbocycles. The number of hydrogen-bond donors (Lipinski definition) is 2. The number of amides is 1. The number of hydrogen-bond acceptors (Lipinski definition) is 3. The van der Waals surface area contributed by atoms with Crippen molar-refractivity contribution in [3.05, 3.63) is 130 Å². The summed E-state index contributed by atoms with van der Waals surface area (Å²) in [6, 6.07) is 26.8. The molecule has 0 saturated carbocycles. The van der Waals surface area contributed by atoms with Crippen LogP contribution in [-0.2, 0) is 6.54 Å². The zero-order chi connectivity index (χ0) is 24.4. The second-order valence-corrected chi connectivity index (χ2v) is 9.51. The number of halogens is 1. The molecule has 0 saturated heterocycles. The highest BCUT2D eigenvalue weighted by Crippen LogP contribution is 2.63. The molecule has 5 aromatic rings. The lowest BCUT2D eigenvalue weighted by Gasteiger charge is -2.50. The summed E-state index contributed by atoms with van der Waals surface area (Å²) in [7, 11) is 0. The van der Waals surface area contributed by atoms with Crippen molar-refractivity contribution in [3.63, 3.8) is 0 Å². The number of nitrogens with one attached hydrogen (secondary N) is 1. The standard InChI is InChI=1S/C31H22FN3O/c32-27-7-2-1-5-21(27)17-8-10-22-25(14-17)29-26-15-18(9-11-23(26)28(22)29)31(36)35-16-19-4-3-6-24-20(19)12-13-34-30(24)33/h1-15,28-29H,16H2,(H2,33,34)(H,35,36)/t28-,29?/m0/s1. The molecule has 2 atom stereocenters. The Kier molecular flexibility index (Phi) is 4.48. The molecule has 5 heteroatoms. The van der Waals surface area contributed by atoms with Gasteiger partial charge in [-0.3, -0.25) is 4.79 Å². The number of nitrogens with zero attached hydrogens (tertiary/aromatic N) is 1. The van der Waals surface area contributed by atoms with E-state index in [-0.39, 0.29) is 17.6 Å². The van der Waals surface area contributed by atoms with Crippen molar-refractivity contribution in [1.29, 1.82) is 0 Å². The zero-order valence-electron chi connectivity index (χ0n) is 19.3. The molecule has 0 radical (unpaired) electrons. The van der Waals surface area contributed by atoms with Crippen molar-refractivity contribution < 1.29 is 9.18 Å². The molecule has 2 aliphatic carbocycles. The van der Waals surface area contributed by atoms with E-state index < -0.39 is 0 Å². The monoisotopic (exact) mass is 471 g/mol. The fourth-order valence-corrected chi connectivity index (χ4v) is 5.85. The first-order chi connectivity index (χ1) is 17.6. The summed E-state index contributed by atoms with van der Waals surface area (Å²) in [5, 5.41) is 4.93. The fraction of sp³-hybridized carbons (Fsp3) is 0.0968. The molecule has 0 bridgehead atoms. The maximum absolute atomic E-state index is 14.3. The summed E-state index contributed by atoms with van der Waals surface area (Å²) in [5.74, 6) is 0.794. The quantitative estimate of drug-likeness (QED) is 0.331. The van der Waals surface area contributed by atoms with E-state index in [0.29, 0.717) is 29.4 Å². The van der Waals surface area contributed by atoms with Gasteiger partial charge in [0.15, 0.2) is 0 Å². The fourth-order valence-electron chi connectivity index (χ4n) is 5.85. The Hall–Kier alpha value is -4.51. The van der Waals surface area contributed by atoms with Crippen LogP contribution in [0.5, 0.6) is 0 Å². The van der Waals surface area contributed by atoms with Crippen LogP contribution in [0.15, 0.2) is 91.1 Å². The minimum atomic E-state index is -0.216. The molecule has 1 amide bonds. The Bertz CT molecular complexity index is 1710. The van der Waals surface area contributed by atoms with Gasteiger partial charge in [0.05, 0.1) is 0 Å². The van der Waals surface area contributed by atoms with Crippen LogP contribution in [0, 0.1) is 5.82 Å². The normalized spacial score (nSPS) is 16.8. The average Bonchev–Trinajstić information content (AvgIpc) is 2.88. The van der Waals surface area contributed by atoms with Crippen LogP contribution in [0.1, 0.15) is 50.0 Å².